The van der Waals surface area contributed by atoms with Crippen molar-refractivity contribution in [2.45, 2.75) is 19.5 Å². The molecule has 1 amide bonds. The minimum Gasteiger partial charge on any atom is -0.475 e. The molecule has 0 unspecified atom stereocenters. The summed E-state index contributed by atoms with van der Waals surface area (Å²) in [7, 11) is 0. The Labute approximate surface area is 156 Å². The maximum atomic E-state index is 12.6. The Morgan fingerprint density at radius 1 is 0.741 bits per heavy atom. The summed E-state index contributed by atoms with van der Waals surface area (Å²) in [5, 5.41) is 10.9. The molecule has 0 aliphatic rings. The molecule has 0 aromatic heterocycles. The van der Waals surface area contributed by atoms with E-state index in [2.05, 4.69) is 0 Å². The van der Waals surface area contributed by atoms with E-state index in [0.29, 0.717) is 13.1 Å². The number of carbonyl (C=O) groups is 3. The predicted molar refractivity (Wildman–Crippen MR) is 102 cm³/mol. The molecule has 0 saturated carbocycles. The highest BCUT2D eigenvalue weighted by atomic mass is 16.4. The van der Waals surface area contributed by atoms with Crippen molar-refractivity contribution >= 4 is 28.4 Å². The first-order valence-electron chi connectivity index (χ1n) is 8.58. The number of amides is 1. The van der Waals surface area contributed by atoms with Crippen molar-refractivity contribution in [3.05, 3.63) is 83.9 Å². The fraction of sp³-hybridized carbons (Fsp3) is 0.136. The van der Waals surface area contributed by atoms with Crippen molar-refractivity contribution in [2.24, 2.45) is 0 Å². The molecule has 3 aromatic carbocycles. The number of hydrogen-bond donors (Lipinski definition) is 1. The lowest BCUT2D eigenvalue weighted by Crippen LogP contribution is -2.33. The lowest BCUT2D eigenvalue weighted by atomic mass is 10.1. The predicted octanol–water partition coefficient (Wildman–Crippen LogP) is 3.41. The molecule has 0 aliphatic carbocycles. The van der Waals surface area contributed by atoms with Crippen molar-refractivity contribution in [3.8, 4) is 0 Å². The molecule has 136 valence electrons. The topological polar surface area (TPSA) is 74.7 Å². The average Bonchev–Trinajstić information content (AvgIpc) is 2.68. The molecule has 0 fully saturated rings. The van der Waals surface area contributed by atoms with Crippen LogP contribution in [0.15, 0.2) is 72.8 Å². The number of carboxylic acids is 1. The van der Waals surface area contributed by atoms with E-state index in [9.17, 15) is 14.4 Å². The second-order valence-corrected chi connectivity index (χ2v) is 6.32. The van der Waals surface area contributed by atoms with E-state index in [1.165, 1.54) is 4.90 Å². The zero-order chi connectivity index (χ0) is 19.2. The molecule has 0 atom stereocenters. The first-order valence-corrected chi connectivity index (χ1v) is 8.58. The number of aliphatic carboxylic acids is 1. The van der Waals surface area contributed by atoms with Crippen molar-refractivity contribution in [3.63, 3.8) is 0 Å². The summed E-state index contributed by atoms with van der Waals surface area (Å²) in [5.74, 6) is -3.19. The second-order valence-electron chi connectivity index (χ2n) is 6.32. The highest BCUT2D eigenvalue weighted by Crippen LogP contribution is 2.18. The van der Waals surface area contributed by atoms with E-state index in [4.69, 9.17) is 5.11 Å². The van der Waals surface area contributed by atoms with Gasteiger partial charge in [0, 0.05) is 13.1 Å². The van der Waals surface area contributed by atoms with E-state index in [0.717, 1.165) is 21.9 Å². The Morgan fingerprint density at radius 2 is 1.37 bits per heavy atom. The quantitative estimate of drug-likeness (QED) is 0.517. The molecule has 3 rings (SSSR count). The van der Waals surface area contributed by atoms with Crippen LogP contribution in [0.2, 0.25) is 0 Å². The summed E-state index contributed by atoms with van der Waals surface area (Å²) in [6, 6.07) is 23.2. The lowest BCUT2D eigenvalue weighted by molar-refractivity contribution is -0.151. The maximum Gasteiger partial charge on any atom is 0.372 e. The normalized spacial score (nSPS) is 10.5. The average molecular weight is 361 g/mol. The summed E-state index contributed by atoms with van der Waals surface area (Å²) >= 11 is 0. The molecular formula is C22H19NO4. The Balaban J connectivity index is 1.84. The Hall–Kier alpha value is -3.47. The van der Waals surface area contributed by atoms with E-state index < -0.39 is 24.1 Å². The highest BCUT2D eigenvalue weighted by molar-refractivity contribution is 6.36. The van der Waals surface area contributed by atoms with Crippen LogP contribution in [0, 0.1) is 0 Å². The zero-order valence-electron chi connectivity index (χ0n) is 14.7. The smallest absolute Gasteiger partial charge is 0.372 e. The molecule has 5 nitrogen and oxygen atoms in total. The number of rotatable bonds is 7. The van der Waals surface area contributed by atoms with E-state index >= 15 is 0 Å². The molecule has 5 heteroatoms. The van der Waals surface area contributed by atoms with Crippen LogP contribution < -0.4 is 0 Å². The molecule has 0 heterocycles. The van der Waals surface area contributed by atoms with Gasteiger partial charge in [0.1, 0.15) is 0 Å². The van der Waals surface area contributed by atoms with Gasteiger partial charge in [0.25, 0.3) is 0 Å². The molecule has 0 saturated heterocycles. The number of carboxylic acid groups (broad SMARTS) is 1. The first kappa shape index (κ1) is 18.3. The number of Topliss-reactive ketones (excluding diaryl/α,β-unsaturated/α-hetero) is 1. The van der Waals surface area contributed by atoms with Gasteiger partial charge in [-0.3, -0.25) is 9.59 Å². The number of hydrogen-bond acceptors (Lipinski definition) is 3. The molecule has 0 radical (unpaired) electrons. The van der Waals surface area contributed by atoms with Gasteiger partial charge in [-0.2, -0.15) is 0 Å². The maximum absolute atomic E-state index is 12.6. The van der Waals surface area contributed by atoms with Crippen LogP contribution in [-0.4, -0.2) is 27.7 Å². The highest BCUT2D eigenvalue weighted by Gasteiger charge is 2.22. The van der Waals surface area contributed by atoms with E-state index in [1.54, 1.807) is 0 Å². The van der Waals surface area contributed by atoms with Crippen molar-refractivity contribution in [1.29, 1.82) is 0 Å². The van der Waals surface area contributed by atoms with Gasteiger partial charge in [0.2, 0.25) is 11.7 Å². The molecular weight excluding hydrogens is 342 g/mol. The molecule has 3 aromatic rings. The van der Waals surface area contributed by atoms with Gasteiger partial charge in [-0.15, -0.1) is 0 Å². The van der Waals surface area contributed by atoms with Gasteiger partial charge in [-0.1, -0.05) is 66.7 Å². The van der Waals surface area contributed by atoms with Crippen molar-refractivity contribution in [1.82, 2.24) is 4.90 Å². The molecule has 0 bridgehead atoms. The fourth-order valence-corrected chi connectivity index (χ4v) is 2.92. The number of carbonyl (C=O) groups excluding carboxylic acids is 2. The Bertz CT molecular complexity index is 982. The van der Waals surface area contributed by atoms with E-state index in [1.807, 2.05) is 72.8 Å². The lowest BCUT2D eigenvalue weighted by Gasteiger charge is -2.23. The summed E-state index contributed by atoms with van der Waals surface area (Å²) in [6.45, 7) is 0.602. The Morgan fingerprint density at radius 3 is 2.07 bits per heavy atom. The van der Waals surface area contributed by atoms with Crippen LogP contribution in [0.4, 0.5) is 0 Å². The number of nitrogens with zero attached hydrogens (tertiary/aromatic N) is 1. The van der Waals surface area contributed by atoms with Crippen LogP contribution in [0.25, 0.3) is 10.8 Å². The third-order valence-corrected chi connectivity index (χ3v) is 4.31. The molecule has 27 heavy (non-hydrogen) atoms. The van der Waals surface area contributed by atoms with Crippen LogP contribution in [0.1, 0.15) is 17.5 Å². The first-order chi connectivity index (χ1) is 13.0. The second kappa shape index (κ2) is 8.27. The number of ketones is 1. The van der Waals surface area contributed by atoms with Gasteiger partial charge in [0.05, 0.1) is 6.42 Å². The zero-order valence-corrected chi connectivity index (χ0v) is 14.7. The van der Waals surface area contributed by atoms with Gasteiger partial charge in [-0.25, -0.2) is 4.79 Å². The van der Waals surface area contributed by atoms with Crippen LogP contribution >= 0.6 is 0 Å². The minimum atomic E-state index is -1.59. The summed E-state index contributed by atoms with van der Waals surface area (Å²) in [4.78, 5) is 36.4. The van der Waals surface area contributed by atoms with Gasteiger partial charge < -0.3 is 10.0 Å². The van der Waals surface area contributed by atoms with Crippen LogP contribution in [0.3, 0.4) is 0 Å². The van der Waals surface area contributed by atoms with Crippen molar-refractivity contribution in [2.75, 3.05) is 0 Å². The standard InChI is InChI=1S/C22H19NO4/c24-20(22(26)27)13-21(25)23(14-16-6-2-1-3-7-16)15-17-10-11-18-8-4-5-9-19(18)12-17/h1-12H,13-15H2,(H,26,27). The number of benzene rings is 3. The molecule has 0 spiro atoms. The third-order valence-electron chi connectivity index (χ3n) is 4.31. The monoisotopic (exact) mass is 361 g/mol. The van der Waals surface area contributed by atoms with Crippen LogP contribution in [-0.2, 0) is 27.5 Å². The van der Waals surface area contributed by atoms with Gasteiger partial charge in [0.15, 0.2) is 0 Å². The van der Waals surface area contributed by atoms with Crippen molar-refractivity contribution < 1.29 is 19.5 Å². The third kappa shape index (κ3) is 4.79. The summed E-state index contributed by atoms with van der Waals surface area (Å²) in [6.07, 6.45) is -0.643. The fourth-order valence-electron chi connectivity index (χ4n) is 2.92. The van der Waals surface area contributed by atoms with E-state index in [-0.39, 0.29) is 0 Å². The Kier molecular flexibility index (Phi) is 5.61. The largest absolute Gasteiger partial charge is 0.475 e. The van der Waals surface area contributed by atoms with Crippen LogP contribution in [0.5, 0.6) is 0 Å². The molecule has 0 aliphatic heterocycles. The summed E-state index contributed by atoms with van der Waals surface area (Å²) < 4.78 is 0. The summed E-state index contributed by atoms with van der Waals surface area (Å²) in [5.41, 5.74) is 1.83. The SMILES string of the molecule is O=C(O)C(=O)CC(=O)N(Cc1ccccc1)Cc1ccc2ccccc2c1. The molecule has 1 N–H and O–H groups in total. The number of fused-ring (bicyclic) bond motifs is 1. The van der Waals surface area contributed by atoms with Gasteiger partial charge in [-0.05, 0) is 28.0 Å². The van der Waals surface area contributed by atoms with Gasteiger partial charge >= 0.3 is 5.97 Å². The minimum absolute atomic E-state index is 0.297.